The Kier molecular flexibility index (Phi) is 9.20. The normalized spacial score (nSPS) is 16.5. The van der Waals surface area contributed by atoms with Crippen LogP contribution in [-0.2, 0) is 10.0 Å². The molecule has 1 saturated heterocycles. The maximum atomic E-state index is 11.3. The standard InChI is InChI=1S/C17H26N4O3S.C2H4/c1-3-4-17(21-11-9-15(22)10-12-21)20-13(2)19-14-5-7-16(8-6-14)25(18,23)24;1-2/h4-8,15,22H,3,9-12H2,1-2H3,(H,19,20)(H2,18,23,24);1-2H2/b17-4+;. The van der Waals surface area contributed by atoms with Crippen LogP contribution < -0.4 is 10.5 Å². The number of aliphatic hydroxyl groups is 1. The van der Waals surface area contributed by atoms with Gasteiger partial charge in [-0.25, -0.2) is 18.5 Å². The van der Waals surface area contributed by atoms with Crippen molar-refractivity contribution in [3.05, 3.63) is 49.3 Å². The SMILES string of the molecule is C=C.CC/C=C(\N=C(/C)Nc1ccc(S(N)(=O)=O)cc1)N1CCC(O)CC1. The van der Waals surface area contributed by atoms with E-state index in [1.54, 1.807) is 12.1 Å². The Morgan fingerprint density at radius 1 is 1.33 bits per heavy atom. The van der Waals surface area contributed by atoms with Gasteiger partial charge in [0, 0.05) is 18.8 Å². The predicted molar refractivity (Wildman–Crippen MR) is 111 cm³/mol. The van der Waals surface area contributed by atoms with Crippen LogP contribution in [0, 0.1) is 0 Å². The van der Waals surface area contributed by atoms with Gasteiger partial charge in [-0.3, -0.25) is 0 Å². The minimum Gasteiger partial charge on any atom is -0.393 e. The third kappa shape index (κ3) is 7.54. The van der Waals surface area contributed by atoms with Crippen molar-refractivity contribution in [2.45, 2.75) is 44.1 Å². The summed E-state index contributed by atoms with van der Waals surface area (Å²) in [4.78, 5) is 6.90. The van der Waals surface area contributed by atoms with Crippen LogP contribution in [0.4, 0.5) is 5.69 Å². The Balaban J connectivity index is 0.00000176. The van der Waals surface area contributed by atoms with Crippen LogP contribution in [0.15, 0.2) is 59.2 Å². The number of nitrogens with zero attached hydrogens (tertiary/aromatic N) is 2. The Bertz CT molecular complexity index is 750. The highest BCUT2D eigenvalue weighted by Gasteiger charge is 2.18. The van der Waals surface area contributed by atoms with E-state index in [4.69, 9.17) is 5.14 Å². The number of allylic oxidation sites excluding steroid dienone is 1. The van der Waals surface area contributed by atoms with E-state index in [0.29, 0.717) is 5.84 Å². The minimum atomic E-state index is -3.69. The number of aliphatic imine (C=N–C) groups is 1. The zero-order valence-corrected chi connectivity index (χ0v) is 16.9. The number of piperidine rings is 1. The van der Waals surface area contributed by atoms with Gasteiger partial charge < -0.3 is 15.3 Å². The molecule has 1 heterocycles. The van der Waals surface area contributed by atoms with Crippen molar-refractivity contribution in [3.63, 3.8) is 0 Å². The summed E-state index contributed by atoms with van der Waals surface area (Å²) in [6, 6.07) is 6.22. The Labute approximate surface area is 162 Å². The fraction of sp³-hybridized carbons (Fsp3) is 0.421. The quantitative estimate of drug-likeness (QED) is 0.404. The minimum absolute atomic E-state index is 0.0751. The first-order valence-corrected chi connectivity index (χ1v) is 10.4. The van der Waals surface area contributed by atoms with Crippen LogP contribution in [0.1, 0.15) is 33.1 Å². The Morgan fingerprint density at radius 3 is 2.37 bits per heavy atom. The number of anilines is 1. The highest BCUT2D eigenvalue weighted by molar-refractivity contribution is 7.89. The van der Waals surface area contributed by atoms with Gasteiger partial charge in [0.1, 0.15) is 11.7 Å². The Morgan fingerprint density at radius 2 is 1.89 bits per heavy atom. The number of sulfonamides is 1. The second kappa shape index (κ2) is 10.9. The van der Waals surface area contributed by atoms with Crippen molar-refractivity contribution in [2.75, 3.05) is 18.4 Å². The Hall–Kier alpha value is -2.16. The molecular formula is C19H30N4O3S. The van der Waals surface area contributed by atoms with Crippen LogP contribution in [0.2, 0.25) is 0 Å². The number of likely N-dealkylation sites (tertiary alicyclic amines) is 1. The molecule has 0 spiro atoms. The lowest BCUT2D eigenvalue weighted by Crippen LogP contribution is -2.35. The third-order valence-corrected chi connectivity index (χ3v) is 4.89. The molecule has 1 aromatic rings. The summed E-state index contributed by atoms with van der Waals surface area (Å²) < 4.78 is 22.6. The summed E-state index contributed by atoms with van der Waals surface area (Å²) in [5.74, 6) is 1.59. The van der Waals surface area contributed by atoms with Crippen LogP contribution in [0.25, 0.3) is 0 Å². The van der Waals surface area contributed by atoms with Crippen molar-refractivity contribution < 1.29 is 13.5 Å². The van der Waals surface area contributed by atoms with Gasteiger partial charge in [0.05, 0.1) is 11.0 Å². The number of benzene rings is 1. The van der Waals surface area contributed by atoms with Crippen LogP contribution in [-0.4, -0.2) is 43.5 Å². The van der Waals surface area contributed by atoms with E-state index in [1.165, 1.54) is 12.1 Å². The molecule has 1 aliphatic rings. The van der Waals surface area contributed by atoms with Gasteiger partial charge in [0.15, 0.2) is 0 Å². The predicted octanol–water partition coefficient (Wildman–Crippen LogP) is 2.67. The van der Waals surface area contributed by atoms with Gasteiger partial charge in [-0.1, -0.05) is 6.92 Å². The molecule has 0 radical (unpaired) electrons. The fourth-order valence-corrected chi connectivity index (χ4v) is 3.18. The van der Waals surface area contributed by atoms with Crippen molar-refractivity contribution in [2.24, 2.45) is 10.1 Å². The van der Waals surface area contributed by atoms with Crippen molar-refractivity contribution in [1.29, 1.82) is 0 Å². The average molecular weight is 395 g/mol. The second-order valence-electron chi connectivity index (χ2n) is 6.08. The molecule has 4 N–H and O–H groups in total. The molecule has 0 unspecified atom stereocenters. The van der Waals surface area contributed by atoms with Gasteiger partial charge in [0.25, 0.3) is 0 Å². The largest absolute Gasteiger partial charge is 0.393 e. The van der Waals surface area contributed by atoms with Crippen molar-refractivity contribution in [3.8, 4) is 0 Å². The summed E-state index contributed by atoms with van der Waals surface area (Å²) in [6.45, 7) is 11.5. The van der Waals surface area contributed by atoms with E-state index in [9.17, 15) is 13.5 Å². The fourth-order valence-electron chi connectivity index (χ4n) is 2.66. The molecule has 0 aliphatic carbocycles. The molecule has 27 heavy (non-hydrogen) atoms. The van der Waals surface area contributed by atoms with Gasteiger partial charge in [-0.05, 0) is 56.5 Å². The van der Waals surface area contributed by atoms with Gasteiger partial charge >= 0.3 is 0 Å². The molecule has 1 aromatic carbocycles. The van der Waals surface area contributed by atoms with E-state index in [2.05, 4.69) is 41.4 Å². The molecule has 0 saturated carbocycles. The zero-order chi connectivity index (χ0) is 20.4. The molecule has 1 fully saturated rings. The molecule has 7 nitrogen and oxygen atoms in total. The molecule has 0 aromatic heterocycles. The number of aliphatic hydroxyl groups excluding tert-OH is 1. The van der Waals surface area contributed by atoms with Crippen LogP contribution >= 0.6 is 0 Å². The molecular weight excluding hydrogens is 364 g/mol. The lowest BCUT2D eigenvalue weighted by molar-refractivity contribution is 0.0965. The van der Waals surface area contributed by atoms with Gasteiger partial charge in [0.2, 0.25) is 10.0 Å². The molecule has 0 bridgehead atoms. The van der Waals surface area contributed by atoms with Crippen molar-refractivity contribution >= 4 is 21.5 Å². The number of primary sulfonamides is 1. The van der Waals surface area contributed by atoms with Crippen molar-refractivity contribution in [1.82, 2.24) is 4.90 Å². The van der Waals surface area contributed by atoms with E-state index < -0.39 is 10.0 Å². The van der Waals surface area contributed by atoms with Gasteiger partial charge in [-0.2, -0.15) is 0 Å². The number of nitrogens with two attached hydrogens (primary N) is 1. The first kappa shape index (κ1) is 22.9. The summed E-state index contributed by atoms with van der Waals surface area (Å²) in [5, 5.41) is 17.9. The number of hydrogen-bond donors (Lipinski definition) is 3. The maximum absolute atomic E-state index is 11.3. The lowest BCUT2D eigenvalue weighted by Gasteiger charge is -2.31. The molecule has 0 amide bonds. The zero-order valence-electron chi connectivity index (χ0n) is 16.1. The summed E-state index contributed by atoms with van der Waals surface area (Å²) in [7, 11) is -3.69. The van der Waals surface area contributed by atoms with Crippen LogP contribution in [0.3, 0.4) is 0 Å². The average Bonchev–Trinajstić information content (AvgIpc) is 2.63. The number of amidine groups is 1. The molecule has 1 aliphatic heterocycles. The summed E-state index contributed by atoms with van der Waals surface area (Å²) in [5.41, 5.74) is 0.735. The second-order valence-corrected chi connectivity index (χ2v) is 7.64. The lowest BCUT2D eigenvalue weighted by atomic mass is 10.1. The topological polar surface area (TPSA) is 108 Å². The molecule has 150 valence electrons. The molecule has 8 heteroatoms. The third-order valence-electron chi connectivity index (χ3n) is 3.97. The molecule has 2 rings (SSSR count). The van der Waals surface area contributed by atoms with E-state index in [-0.39, 0.29) is 11.0 Å². The monoisotopic (exact) mass is 394 g/mol. The summed E-state index contributed by atoms with van der Waals surface area (Å²) >= 11 is 0. The van der Waals surface area contributed by atoms with Crippen LogP contribution in [0.5, 0.6) is 0 Å². The smallest absolute Gasteiger partial charge is 0.238 e. The highest BCUT2D eigenvalue weighted by atomic mass is 32.2. The summed E-state index contributed by atoms with van der Waals surface area (Å²) in [6.07, 6.45) is 4.21. The van der Waals surface area contributed by atoms with E-state index in [0.717, 1.165) is 43.9 Å². The van der Waals surface area contributed by atoms with Gasteiger partial charge in [-0.15, -0.1) is 13.2 Å². The number of nitrogens with one attached hydrogen (secondary N) is 1. The van der Waals surface area contributed by atoms with E-state index >= 15 is 0 Å². The molecule has 0 atom stereocenters. The van der Waals surface area contributed by atoms with E-state index in [1.807, 2.05) is 6.92 Å². The first-order chi connectivity index (χ1) is 12.8. The first-order valence-electron chi connectivity index (χ1n) is 8.88. The maximum Gasteiger partial charge on any atom is 0.238 e. The number of hydrogen-bond acceptors (Lipinski definition) is 5. The highest BCUT2D eigenvalue weighted by Crippen LogP contribution is 2.18. The number of rotatable bonds is 5.